The molecule has 0 unspecified atom stereocenters. The summed E-state index contributed by atoms with van der Waals surface area (Å²) in [4.78, 5) is 0. The van der Waals surface area contributed by atoms with Crippen molar-refractivity contribution in [2.75, 3.05) is 21.3 Å². The number of halogens is 8. The minimum atomic E-state index is -1.47. The second-order valence-corrected chi connectivity index (χ2v) is 11.6. The summed E-state index contributed by atoms with van der Waals surface area (Å²) in [6, 6.07) is 22.3. The van der Waals surface area contributed by atoms with E-state index in [4.69, 9.17) is 47.5 Å². The number of benzene rings is 5. The third kappa shape index (κ3) is 9.67. The topological polar surface area (TPSA) is 68.2 Å². The molecule has 0 bridgehead atoms. The first kappa shape index (κ1) is 40.9. The summed E-state index contributed by atoms with van der Waals surface area (Å²) in [5.41, 5.74) is 1.33. The lowest BCUT2D eigenvalue weighted by Gasteiger charge is -2.17. The normalized spacial score (nSPS) is 10.0. The Morgan fingerprint density at radius 2 is 1.00 bits per heavy atom. The predicted octanol–water partition coefficient (Wildman–Crippen LogP) is 9.94. The highest BCUT2D eigenvalue weighted by atomic mass is 79.9. The predicted molar refractivity (Wildman–Crippen MR) is 191 cm³/mol. The number of para-hydroxylation sites is 3. The van der Waals surface area contributed by atoms with E-state index in [0.717, 1.165) is 12.1 Å². The molecule has 0 saturated carbocycles. The van der Waals surface area contributed by atoms with Crippen LogP contribution in [0.1, 0.15) is 0 Å². The monoisotopic (exact) mass is 831 g/mol. The molecule has 48 heavy (non-hydrogen) atoms. The molecule has 0 aliphatic heterocycles. The van der Waals surface area contributed by atoms with Crippen LogP contribution in [0.25, 0.3) is 22.3 Å². The maximum absolute atomic E-state index is 15.0. The molecule has 254 valence electrons. The summed E-state index contributed by atoms with van der Waals surface area (Å²) in [6.07, 6.45) is 0. The van der Waals surface area contributed by atoms with Gasteiger partial charge in [0.05, 0.1) is 40.3 Å². The Morgan fingerprint density at radius 1 is 0.583 bits per heavy atom. The van der Waals surface area contributed by atoms with E-state index in [0.29, 0.717) is 33.8 Å². The van der Waals surface area contributed by atoms with Crippen LogP contribution >= 0.6 is 55.1 Å². The number of methoxy groups -OCH3 is 3. The second kappa shape index (κ2) is 19.1. The van der Waals surface area contributed by atoms with Crippen molar-refractivity contribution in [1.82, 2.24) is 0 Å². The molecule has 2 N–H and O–H groups in total. The summed E-state index contributed by atoms with van der Waals surface area (Å²) >= 11 is 16.9. The molecule has 5 aromatic carbocycles. The van der Waals surface area contributed by atoms with Crippen molar-refractivity contribution >= 4 is 67.6 Å². The zero-order chi connectivity index (χ0) is 34.8. The third-order valence-corrected chi connectivity index (χ3v) is 9.00. The van der Waals surface area contributed by atoms with Crippen LogP contribution in [0.5, 0.6) is 17.2 Å². The van der Waals surface area contributed by atoms with Gasteiger partial charge in [0.1, 0.15) is 28.9 Å². The van der Waals surface area contributed by atoms with Crippen LogP contribution in [0, 0.1) is 30.7 Å². The second-order valence-electron chi connectivity index (χ2n) is 9.20. The molecular weight excluding hydrogens is 806 g/mol. The maximum Gasteiger partial charge on any atom is 0.492 e. The van der Waals surface area contributed by atoms with Gasteiger partial charge < -0.3 is 31.7 Å². The number of hydrogen-bond acceptors (Lipinski definition) is 5. The lowest BCUT2D eigenvalue weighted by atomic mass is 9.80. The molecule has 0 amide bonds. The van der Waals surface area contributed by atoms with Crippen molar-refractivity contribution in [3.63, 3.8) is 0 Å². The highest BCUT2D eigenvalue weighted by Crippen LogP contribution is 2.45. The van der Waals surface area contributed by atoms with E-state index in [1.165, 1.54) is 21.3 Å². The molecule has 0 atom stereocenters. The van der Waals surface area contributed by atoms with Crippen LogP contribution in [0.15, 0.2) is 93.9 Å². The van der Waals surface area contributed by atoms with Crippen LogP contribution in [-0.4, -0.2) is 38.5 Å². The highest BCUT2D eigenvalue weighted by molar-refractivity contribution is 9.13. The van der Waals surface area contributed by atoms with E-state index >= 15 is 0 Å². The minimum Gasteiger partial charge on any atom is -0.497 e. The van der Waals surface area contributed by atoms with Gasteiger partial charge in [0.15, 0.2) is 11.6 Å². The number of ether oxygens (including phenoxy) is 3. The Kier molecular flexibility index (Phi) is 16.3. The zero-order valence-corrected chi connectivity index (χ0v) is 30.5. The number of hydrogen-bond donors (Lipinski definition) is 2. The van der Waals surface area contributed by atoms with Gasteiger partial charge in [0.2, 0.25) is 0 Å². The fraction of sp³-hybridized carbons (Fsp3) is 0.0882. The smallest absolute Gasteiger partial charge is 0.492 e. The Balaban J connectivity index is 0.000000289. The first-order valence-electron chi connectivity index (χ1n) is 13.3. The van der Waals surface area contributed by atoms with Crippen LogP contribution in [0.2, 0.25) is 10.0 Å². The summed E-state index contributed by atoms with van der Waals surface area (Å²) in [5.74, 6) is -1.28. The van der Waals surface area contributed by atoms with Gasteiger partial charge in [-0.05, 0) is 62.2 Å². The molecule has 0 heterocycles. The molecule has 0 aliphatic rings. The Hall–Kier alpha value is -3.26. The molecule has 0 aliphatic carbocycles. The lowest BCUT2D eigenvalue weighted by molar-refractivity contribution is 0.403. The molecule has 0 aromatic heterocycles. The van der Waals surface area contributed by atoms with Gasteiger partial charge in [0, 0.05) is 27.7 Å². The molecule has 0 radical (unpaired) electrons. The zero-order valence-electron chi connectivity index (χ0n) is 25.8. The molecule has 0 spiro atoms. The first-order valence-corrected chi connectivity index (χ1v) is 15.6. The largest absolute Gasteiger partial charge is 0.497 e. The molecule has 5 rings (SSSR count). The van der Waals surface area contributed by atoms with E-state index < -0.39 is 30.4 Å². The summed E-state index contributed by atoms with van der Waals surface area (Å²) in [5, 5.41) is 17.1. The fourth-order valence-corrected chi connectivity index (χ4v) is 5.42. The van der Waals surface area contributed by atoms with Crippen molar-refractivity contribution < 1.29 is 41.8 Å². The SMILES string of the molecule is COc1ccccc1-c1c(F)cc(Cl)c(F)c1-c1ccccc1OC.COc1ccccc1B(O)O.Fc1cc(Cl)c(F)c(Br)c1Br.[CH3-]. The molecule has 5 aromatic rings. The van der Waals surface area contributed by atoms with Gasteiger partial charge in [-0.1, -0.05) is 77.8 Å². The standard InChI is InChI=1S/C20H15ClF2O2.C7H9BO3.C6HBr2ClF2.CH3/c1-24-16-9-5-3-7-12(16)18-15(22)11-14(21)20(23)19(18)13-8-4-6-10-17(13)25-2;1-11-7-5-3-2-4-6(7)8(9)10;7-4-3(10)1-2(9)6(11)5(4)8;/h3-11H,1-2H3;2-5,9-10H,1H3;1H;1H3/q;;;-1. The van der Waals surface area contributed by atoms with Gasteiger partial charge in [-0.25, -0.2) is 17.6 Å². The molecular formula is C34H28BBr2Cl2F4O5-. The van der Waals surface area contributed by atoms with E-state index in [2.05, 4.69) is 31.9 Å². The van der Waals surface area contributed by atoms with E-state index in [1.807, 2.05) is 0 Å². The van der Waals surface area contributed by atoms with E-state index in [1.54, 1.807) is 72.8 Å². The van der Waals surface area contributed by atoms with Crippen LogP contribution in [0.3, 0.4) is 0 Å². The third-order valence-electron chi connectivity index (χ3n) is 6.40. The Morgan fingerprint density at radius 3 is 1.48 bits per heavy atom. The van der Waals surface area contributed by atoms with Crippen LogP contribution in [-0.2, 0) is 0 Å². The number of rotatable bonds is 6. The summed E-state index contributed by atoms with van der Waals surface area (Å²) < 4.78 is 70.9. The van der Waals surface area contributed by atoms with E-state index in [-0.39, 0.29) is 37.5 Å². The van der Waals surface area contributed by atoms with Crippen molar-refractivity contribution in [1.29, 1.82) is 0 Å². The summed E-state index contributed by atoms with van der Waals surface area (Å²) in [6.45, 7) is 0. The van der Waals surface area contributed by atoms with Crippen LogP contribution < -0.4 is 19.7 Å². The minimum absolute atomic E-state index is 0. The lowest BCUT2D eigenvalue weighted by Crippen LogP contribution is -2.30. The van der Waals surface area contributed by atoms with Crippen molar-refractivity contribution in [3.8, 4) is 39.5 Å². The Labute approximate surface area is 303 Å². The van der Waals surface area contributed by atoms with Crippen molar-refractivity contribution in [2.45, 2.75) is 0 Å². The van der Waals surface area contributed by atoms with E-state index in [9.17, 15) is 17.6 Å². The van der Waals surface area contributed by atoms with Gasteiger partial charge in [-0.2, -0.15) is 0 Å². The van der Waals surface area contributed by atoms with Gasteiger partial charge in [0.25, 0.3) is 0 Å². The average molecular weight is 834 g/mol. The molecule has 0 fully saturated rings. The maximum atomic E-state index is 15.0. The van der Waals surface area contributed by atoms with Gasteiger partial charge in [-0.15, -0.1) is 0 Å². The quantitative estimate of drug-likeness (QED) is 0.0587. The molecule has 0 saturated heterocycles. The average Bonchev–Trinajstić information content (AvgIpc) is 3.08. The van der Waals surface area contributed by atoms with Crippen LogP contribution in [0.4, 0.5) is 17.6 Å². The molecule has 14 heteroatoms. The summed E-state index contributed by atoms with van der Waals surface area (Å²) in [7, 11) is 2.97. The first-order chi connectivity index (χ1) is 22.4. The van der Waals surface area contributed by atoms with Gasteiger partial charge >= 0.3 is 7.12 Å². The van der Waals surface area contributed by atoms with Crippen molar-refractivity contribution in [3.05, 3.63) is 135 Å². The Bertz CT molecular complexity index is 1820. The fourth-order valence-electron chi connectivity index (χ4n) is 4.24. The highest BCUT2D eigenvalue weighted by Gasteiger charge is 2.24. The van der Waals surface area contributed by atoms with Gasteiger partial charge in [-0.3, -0.25) is 0 Å². The van der Waals surface area contributed by atoms with Crippen molar-refractivity contribution in [2.24, 2.45) is 0 Å². The molecule has 5 nitrogen and oxygen atoms in total.